The minimum Gasteiger partial charge on any atom is -0.223 e. The third-order valence-electron chi connectivity index (χ3n) is 1.58. The van der Waals surface area contributed by atoms with E-state index in [1.807, 2.05) is 24.3 Å². The first kappa shape index (κ1) is 7.44. The Bertz CT molecular complexity index is 352. The Hall–Kier alpha value is -1.21. The van der Waals surface area contributed by atoms with Crippen LogP contribution in [0, 0.1) is 0 Å². The standard InChI is InChI=1S/C8H8N3P/c12-8-3-1-7(2-4-8)11-6-9-5-10-11/h1-6H,12H2. The van der Waals surface area contributed by atoms with Crippen molar-refractivity contribution in [3.05, 3.63) is 36.9 Å². The van der Waals surface area contributed by atoms with Gasteiger partial charge in [0.25, 0.3) is 0 Å². The monoisotopic (exact) mass is 177 g/mol. The van der Waals surface area contributed by atoms with Crippen LogP contribution in [0.1, 0.15) is 0 Å². The van der Waals surface area contributed by atoms with Crippen LogP contribution in [-0.2, 0) is 0 Å². The Morgan fingerprint density at radius 3 is 2.50 bits per heavy atom. The molecule has 2 rings (SSSR count). The maximum atomic E-state index is 4.01. The third-order valence-corrected chi connectivity index (χ3v) is 1.96. The van der Waals surface area contributed by atoms with Gasteiger partial charge in [-0.15, -0.1) is 9.24 Å². The highest BCUT2D eigenvalue weighted by Crippen LogP contribution is 2.03. The minimum atomic E-state index is 1.03. The molecule has 1 aromatic carbocycles. The van der Waals surface area contributed by atoms with Gasteiger partial charge in [-0.1, -0.05) is 12.1 Å². The Balaban J connectivity index is 2.43. The first-order valence-corrected chi connectivity index (χ1v) is 4.14. The summed E-state index contributed by atoms with van der Waals surface area (Å²) in [6, 6.07) is 8.03. The van der Waals surface area contributed by atoms with Crippen molar-refractivity contribution in [1.82, 2.24) is 14.8 Å². The Labute approximate surface area is 72.6 Å². The number of nitrogens with zero attached hydrogens (tertiary/aromatic N) is 3. The fourth-order valence-electron chi connectivity index (χ4n) is 0.969. The van der Waals surface area contributed by atoms with E-state index in [1.165, 1.54) is 11.6 Å². The van der Waals surface area contributed by atoms with E-state index in [2.05, 4.69) is 19.3 Å². The van der Waals surface area contributed by atoms with E-state index in [1.54, 1.807) is 11.0 Å². The van der Waals surface area contributed by atoms with Crippen LogP contribution in [-0.4, -0.2) is 14.8 Å². The molecule has 0 fully saturated rings. The molecule has 0 N–H and O–H groups in total. The highest BCUT2D eigenvalue weighted by atomic mass is 31.0. The maximum absolute atomic E-state index is 4.01. The predicted octanol–water partition coefficient (Wildman–Crippen LogP) is 0.768. The molecule has 2 aromatic rings. The van der Waals surface area contributed by atoms with Gasteiger partial charge in [-0.3, -0.25) is 0 Å². The number of hydrogen-bond acceptors (Lipinski definition) is 2. The van der Waals surface area contributed by atoms with Gasteiger partial charge in [-0.05, 0) is 17.4 Å². The van der Waals surface area contributed by atoms with Crippen LogP contribution in [0.5, 0.6) is 0 Å². The first-order chi connectivity index (χ1) is 5.86. The summed E-state index contributed by atoms with van der Waals surface area (Å²) in [5, 5.41) is 5.18. The molecule has 0 amide bonds. The molecule has 0 bridgehead atoms. The summed E-state index contributed by atoms with van der Waals surface area (Å²) in [6.45, 7) is 0. The molecule has 60 valence electrons. The Morgan fingerprint density at radius 2 is 1.92 bits per heavy atom. The molecule has 1 heterocycles. The van der Waals surface area contributed by atoms with Crippen LogP contribution >= 0.6 is 9.24 Å². The topological polar surface area (TPSA) is 30.7 Å². The van der Waals surface area contributed by atoms with E-state index in [9.17, 15) is 0 Å². The summed E-state index contributed by atoms with van der Waals surface area (Å²) in [5.41, 5.74) is 1.03. The van der Waals surface area contributed by atoms with E-state index in [-0.39, 0.29) is 0 Å². The number of aromatic nitrogens is 3. The Morgan fingerprint density at radius 1 is 1.17 bits per heavy atom. The summed E-state index contributed by atoms with van der Waals surface area (Å²) in [6.07, 6.45) is 3.20. The van der Waals surface area contributed by atoms with Gasteiger partial charge in [0.05, 0.1) is 5.69 Å². The van der Waals surface area contributed by atoms with Gasteiger partial charge >= 0.3 is 0 Å². The van der Waals surface area contributed by atoms with Crippen molar-refractivity contribution in [2.24, 2.45) is 0 Å². The lowest BCUT2D eigenvalue weighted by Crippen LogP contribution is -1.96. The van der Waals surface area contributed by atoms with Gasteiger partial charge in [0.1, 0.15) is 12.7 Å². The first-order valence-electron chi connectivity index (χ1n) is 3.57. The molecule has 0 radical (unpaired) electrons. The molecule has 0 aliphatic heterocycles. The molecule has 0 aliphatic carbocycles. The van der Waals surface area contributed by atoms with Crippen molar-refractivity contribution in [1.29, 1.82) is 0 Å². The Kier molecular flexibility index (Phi) is 1.88. The molecule has 3 nitrogen and oxygen atoms in total. The average molecular weight is 177 g/mol. The quantitative estimate of drug-likeness (QED) is 0.602. The average Bonchev–Trinajstić information content (AvgIpc) is 2.58. The fraction of sp³-hybridized carbons (Fsp3) is 0. The van der Waals surface area contributed by atoms with E-state index < -0.39 is 0 Å². The van der Waals surface area contributed by atoms with Gasteiger partial charge in [0.2, 0.25) is 0 Å². The SMILES string of the molecule is Pc1ccc(-n2cncn2)cc1. The highest BCUT2D eigenvalue weighted by Gasteiger charge is 1.93. The van der Waals surface area contributed by atoms with Crippen LogP contribution in [0.3, 0.4) is 0 Å². The van der Waals surface area contributed by atoms with E-state index in [0.29, 0.717) is 0 Å². The molecule has 0 spiro atoms. The van der Waals surface area contributed by atoms with Gasteiger partial charge in [0.15, 0.2) is 0 Å². The molecule has 0 saturated carbocycles. The molecule has 12 heavy (non-hydrogen) atoms. The predicted molar refractivity (Wildman–Crippen MR) is 50.7 cm³/mol. The van der Waals surface area contributed by atoms with Crippen molar-refractivity contribution >= 4 is 14.5 Å². The second-order valence-electron chi connectivity index (χ2n) is 2.43. The van der Waals surface area contributed by atoms with Crippen molar-refractivity contribution < 1.29 is 0 Å². The summed E-state index contributed by atoms with van der Waals surface area (Å²) >= 11 is 0. The van der Waals surface area contributed by atoms with Gasteiger partial charge in [0, 0.05) is 0 Å². The van der Waals surface area contributed by atoms with Crippen LogP contribution < -0.4 is 5.30 Å². The second-order valence-corrected chi connectivity index (χ2v) is 3.10. The zero-order valence-corrected chi connectivity index (χ0v) is 7.54. The summed E-state index contributed by atoms with van der Waals surface area (Å²) < 4.78 is 1.73. The molecule has 1 aromatic heterocycles. The van der Waals surface area contributed by atoms with Crippen LogP contribution in [0.4, 0.5) is 0 Å². The van der Waals surface area contributed by atoms with Crippen molar-refractivity contribution in [2.45, 2.75) is 0 Å². The lowest BCUT2D eigenvalue weighted by molar-refractivity contribution is 0.879. The van der Waals surface area contributed by atoms with E-state index in [4.69, 9.17) is 0 Å². The smallest absolute Gasteiger partial charge is 0.138 e. The molecule has 0 aliphatic rings. The number of hydrogen-bond donors (Lipinski definition) is 0. The number of rotatable bonds is 1. The molecule has 1 atom stereocenters. The minimum absolute atomic E-state index is 1.03. The third kappa shape index (κ3) is 1.36. The van der Waals surface area contributed by atoms with Gasteiger partial charge in [-0.2, -0.15) is 5.10 Å². The molecule has 1 unspecified atom stereocenters. The van der Waals surface area contributed by atoms with Crippen LogP contribution in [0.15, 0.2) is 36.9 Å². The molecule has 0 saturated heterocycles. The zero-order chi connectivity index (χ0) is 8.39. The largest absolute Gasteiger partial charge is 0.223 e. The lowest BCUT2D eigenvalue weighted by Gasteiger charge is -1.98. The second kappa shape index (κ2) is 3.03. The van der Waals surface area contributed by atoms with Crippen LogP contribution in [0.25, 0.3) is 5.69 Å². The van der Waals surface area contributed by atoms with E-state index in [0.717, 1.165) is 5.69 Å². The fourth-order valence-corrected chi connectivity index (χ4v) is 1.16. The molecular weight excluding hydrogens is 169 g/mol. The molecular formula is C8H8N3P. The highest BCUT2D eigenvalue weighted by molar-refractivity contribution is 7.27. The van der Waals surface area contributed by atoms with E-state index >= 15 is 0 Å². The lowest BCUT2D eigenvalue weighted by atomic mass is 10.3. The summed E-state index contributed by atoms with van der Waals surface area (Å²) in [4.78, 5) is 3.87. The summed E-state index contributed by atoms with van der Waals surface area (Å²) in [5.74, 6) is 0. The zero-order valence-electron chi connectivity index (χ0n) is 6.38. The van der Waals surface area contributed by atoms with Crippen molar-refractivity contribution in [2.75, 3.05) is 0 Å². The maximum Gasteiger partial charge on any atom is 0.138 e. The normalized spacial score (nSPS) is 10.1. The molecule has 4 heteroatoms. The summed E-state index contributed by atoms with van der Waals surface area (Å²) in [7, 11) is 2.64. The van der Waals surface area contributed by atoms with Gasteiger partial charge in [-0.25, -0.2) is 9.67 Å². The number of benzene rings is 1. The van der Waals surface area contributed by atoms with Crippen LogP contribution in [0.2, 0.25) is 0 Å². The van der Waals surface area contributed by atoms with Gasteiger partial charge < -0.3 is 0 Å². The van der Waals surface area contributed by atoms with Crippen molar-refractivity contribution in [3.8, 4) is 5.69 Å². The van der Waals surface area contributed by atoms with Crippen molar-refractivity contribution in [3.63, 3.8) is 0 Å².